The third kappa shape index (κ3) is 1.76. The van der Waals surface area contributed by atoms with Gasteiger partial charge < -0.3 is 9.52 Å². The van der Waals surface area contributed by atoms with Crippen LogP contribution in [-0.4, -0.2) is 11.1 Å². The number of aliphatic carboxylic acids is 1. The van der Waals surface area contributed by atoms with Gasteiger partial charge in [-0.05, 0) is 12.5 Å². The molecule has 1 heterocycles. The monoisotopic (exact) mass is 226 g/mol. The van der Waals surface area contributed by atoms with Crippen molar-refractivity contribution >= 4 is 16.9 Å². The minimum Gasteiger partial charge on any atom is -0.481 e. The summed E-state index contributed by atoms with van der Waals surface area (Å²) in [5.41, 5.74) is -0.0922. The molecule has 1 N–H and O–H groups in total. The summed E-state index contributed by atoms with van der Waals surface area (Å²) in [6.07, 6.45) is 0.777. The summed E-state index contributed by atoms with van der Waals surface area (Å²) in [6.45, 7) is 0. The van der Waals surface area contributed by atoms with E-state index in [9.17, 15) is 13.6 Å². The number of fused-ring (bicyclic) bond motifs is 1. The second-order valence-corrected chi connectivity index (χ2v) is 3.38. The van der Waals surface area contributed by atoms with Crippen molar-refractivity contribution in [3.8, 4) is 0 Å². The number of carbonyl (C=O) groups is 1. The summed E-state index contributed by atoms with van der Waals surface area (Å²) in [5, 5.41) is 8.63. The van der Waals surface area contributed by atoms with Crippen molar-refractivity contribution in [2.45, 2.75) is 12.8 Å². The number of halogens is 2. The van der Waals surface area contributed by atoms with Crippen LogP contribution in [0.5, 0.6) is 0 Å². The van der Waals surface area contributed by atoms with Crippen LogP contribution in [0.1, 0.15) is 12.0 Å². The van der Waals surface area contributed by atoms with Gasteiger partial charge in [0.15, 0.2) is 0 Å². The van der Waals surface area contributed by atoms with Crippen LogP contribution in [0.2, 0.25) is 0 Å². The van der Waals surface area contributed by atoms with Crippen LogP contribution in [0.25, 0.3) is 11.0 Å². The topological polar surface area (TPSA) is 50.4 Å². The molecule has 0 aliphatic carbocycles. The molecular formula is C11H8F2O3. The Hall–Kier alpha value is -1.91. The number of hydrogen-bond acceptors (Lipinski definition) is 2. The average Bonchev–Trinajstić information content (AvgIpc) is 2.64. The van der Waals surface area contributed by atoms with Gasteiger partial charge in [-0.1, -0.05) is 0 Å². The molecule has 2 rings (SSSR count). The Morgan fingerprint density at radius 1 is 1.44 bits per heavy atom. The van der Waals surface area contributed by atoms with Gasteiger partial charge in [0, 0.05) is 18.1 Å². The maximum Gasteiger partial charge on any atom is 0.303 e. The van der Waals surface area contributed by atoms with Crippen molar-refractivity contribution < 1.29 is 23.1 Å². The zero-order valence-corrected chi connectivity index (χ0v) is 8.17. The summed E-state index contributed by atoms with van der Waals surface area (Å²) in [5.74, 6) is -2.61. The lowest BCUT2D eigenvalue weighted by Crippen LogP contribution is -2.02. The van der Waals surface area contributed by atoms with Crippen molar-refractivity contribution in [1.29, 1.82) is 0 Å². The predicted octanol–water partition coefficient (Wildman–Crippen LogP) is 2.73. The van der Waals surface area contributed by atoms with Gasteiger partial charge in [-0.15, -0.1) is 0 Å². The molecule has 3 nitrogen and oxygen atoms in total. The molecule has 1 aromatic carbocycles. The van der Waals surface area contributed by atoms with Crippen LogP contribution < -0.4 is 0 Å². The standard InChI is InChI=1S/C11H8F2O3/c12-8-5-9-7(3-4-16-9)11(13)6(8)1-2-10(14)15/h3-5H,1-2H2,(H,14,15). The highest BCUT2D eigenvalue weighted by Gasteiger charge is 2.16. The Balaban J connectivity index is 2.46. The molecule has 0 aliphatic rings. The lowest BCUT2D eigenvalue weighted by atomic mass is 10.1. The fourth-order valence-corrected chi connectivity index (χ4v) is 1.54. The van der Waals surface area contributed by atoms with Crippen LogP contribution >= 0.6 is 0 Å². The highest BCUT2D eigenvalue weighted by Crippen LogP contribution is 2.25. The van der Waals surface area contributed by atoms with Crippen LogP contribution in [0.15, 0.2) is 22.8 Å². The number of rotatable bonds is 3. The maximum absolute atomic E-state index is 13.7. The molecule has 1 aromatic heterocycles. The van der Waals surface area contributed by atoms with Crippen LogP contribution in [-0.2, 0) is 11.2 Å². The van der Waals surface area contributed by atoms with E-state index in [1.165, 1.54) is 12.3 Å². The molecule has 0 bridgehead atoms. The Morgan fingerprint density at radius 3 is 2.88 bits per heavy atom. The number of carboxylic acids is 1. The molecule has 0 amide bonds. The second kappa shape index (κ2) is 3.92. The first-order valence-electron chi connectivity index (χ1n) is 4.65. The van der Waals surface area contributed by atoms with E-state index < -0.39 is 17.6 Å². The zero-order valence-electron chi connectivity index (χ0n) is 8.17. The minimum atomic E-state index is -1.09. The van der Waals surface area contributed by atoms with E-state index in [-0.39, 0.29) is 29.4 Å². The lowest BCUT2D eigenvalue weighted by molar-refractivity contribution is -0.136. The predicted molar refractivity (Wildman–Crippen MR) is 52.1 cm³/mol. The molecule has 2 aromatic rings. The average molecular weight is 226 g/mol. The largest absolute Gasteiger partial charge is 0.481 e. The molecule has 0 fully saturated rings. The van der Waals surface area contributed by atoms with Gasteiger partial charge in [0.2, 0.25) is 0 Å². The number of hydrogen-bond donors (Lipinski definition) is 1. The highest BCUT2D eigenvalue weighted by atomic mass is 19.1. The van der Waals surface area contributed by atoms with Gasteiger partial charge in [0.1, 0.15) is 17.2 Å². The normalized spacial score (nSPS) is 10.9. The molecule has 0 aliphatic heterocycles. The third-order valence-corrected chi connectivity index (χ3v) is 2.33. The Kier molecular flexibility index (Phi) is 2.60. The zero-order chi connectivity index (χ0) is 11.7. The van der Waals surface area contributed by atoms with Crippen molar-refractivity contribution in [3.05, 3.63) is 35.6 Å². The first kappa shape index (κ1) is 10.6. The summed E-state index contributed by atoms with van der Waals surface area (Å²) >= 11 is 0. The SMILES string of the molecule is O=C(O)CCc1c(F)cc2occc2c1F. The fourth-order valence-electron chi connectivity index (χ4n) is 1.54. The molecule has 0 atom stereocenters. The smallest absolute Gasteiger partial charge is 0.303 e. The molecule has 84 valence electrons. The Labute approximate surface area is 89.3 Å². The maximum atomic E-state index is 13.7. The first-order chi connectivity index (χ1) is 7.59. The van der Waals surface area contributed by atoms with Crippen LogP contribution in [0, 0.1) is 11.6 Å². The van der Waals surface area contributed by atoms with E-state index in [1.807, 2.05) is 0 Å². The van der Waals surface area contributed by atoms with Gasteiger partial charge in [0.25, 0.3) is 0 Å². The number of furan rings is 1. The summed E-state index contributed by atoms with van der Waals surface area (Å²) < 4.78 is 32.0. The lowest BCUT2D eigenvalue weighted by Gasteiger charge is -2.03. The van der Waals surface area contributed by atoms with Gasteiger partial charge in [-0.3, -0.25) is 4.79 Å². The van der Waals surface area contributed by atoms with Crippen LogP contribution in [0.3, 0.4) is 0 Å². The van der Waals surface area contributed by atoms with Crippen molar-refractivity contribution in [2.75, 3.05) is 0 Å². The Morgan fingerprint density at radius 2 is 2.19 bits per heavy atom. The van der Waals surface area contributed by atoms with Crippen molar-refractivity contribution in [1.82, 2.24) is 0 Å². The molecular weight excluding hydrogens is 218 g/mol. The van der Waals surface area contributed by atoms with Gasteiger partial charge in [-0.2, -0.15) is 0 Å². The quantitative estimate of drug-likeness (QED) is 0.875. The van der Waals surface area contributed by atoms with E-state index in [0.717, 1.165) is 6.07 Å². The van der Waals surface area contributed by atoms with Crippen molar-refractivity contribution in [3.63, 3.8) is 0 Å². The van der Waals surface area contributed by atoms with Crippen molar-refractivity contribution in [2.24, 2.45) is 0 Å². The fraction of sp³-hybridized carbons (Fsp3) is 0.182. The summed E-state index contributed by atoms with van der Waals surface area (Å²) in [6, 6.07) is 2.45. The summed E-state index contributed by atoms with van der Waals surface area (Å²) in [7, 11) is 0. The molecule has 0 saturated carbocycles. The van der Waals surface area contributed by atoms with E-state index in [1.54, 1.807) is 0 Å². The molecule has 0 radical (unpaired) electrons. The van der Waals surface area contributed by atoms with E-state index in [2.05, 4.69) is 0 Å². The van der Waals surface area contributed by atoms with E-state index in [4.69, 9.17) is 9.52 Å². The summed E-state index contributed by atoms with van der Waals surface area (Å²) in [4.78, 5) is 10.3. The van der Waals surface area contributed by atoms with E-state index in [0.29, 0.717) is 0 Å². The second-order valence-electron chi connectivity index (χ2n) is 3.38. The van der Waals surface area contributed by atoms with E-state index >= 15 is 0 Å². The van der Waals surface area contributed by atoms with Crippen LogP contribution in [0.4, 0.5) is 8.78 Å². The Bertz CT molecular complexity index is 545. The molecule has 0 saturated heterocycles. The molecule has 0 unspecified atom stereocenters. The van der Waals surface area contributed by atoms with Gasteiger partial charge in [-0.25, -0.2) is 8.78 Å². The molecule has 16 heavy (non-hydrogen) atoms. The number of carboxylic acid groups (broad SMARTS) is 1. The van der Waals surface area contributed by atoms with Gasteiger partial charge in [0.05, 0.1) is 11.6 Å². The minimum absolute atomic E-state index is 0.120. The molecule has 0 spiro atoms. The van der Waals surface area contributed by atoms with Gasteiger partial charge >= 0.3 is 5.97 Å². The highest BCUT2D eigenvalue weighted by molar-refractivity contribution is 5.79. The first-order valence-corrected chi connectivity index (χ1v) is 4.65. The number of benzene rings is 1. The third-order valence-electron chi connectivity index (χ3n) is 2.33. The molecule has 5 heteroatoms.